The van der Waals surface area contributed by atoms with Gasteiger partial charge in [0, 0.05) is 0 Å². The zero-order chi connectivity index (χ0) is 13.7. The summed E-state index contributed by atoms with van der Waals surface area (Å²) in [6.45, 7) is 5.01. The Morgan fingerprint density at radius 3 is 2.58 bits per heavy atom. The van der Waals surface area contributed by atoms with Gasteiger partial charge < -0.3 is 10.5 Å². The molecule has 0 heterocycles. The summed E-state index contributed by atoms with van der Waals surface area (Å²) in [6, 6.07) is 8.46. The Hall–Kier alpha value is -0.860. The van der Waals surface area contributed by atoms with Crippen LogP contribution in [0.1, 0.15) is 56.2 Å². The first-order valence-corrected chi connectivity index (χ1v) is 7.64. The Kier molecular flexibility index (Phi) is 5.41. The highest BCUT2D eigenvalue weighted by Gasteiger charge is 2.24. The van der Waals surface area contributed by atoms with Gasteiger partial charge in [-0.25, -0.2) is 0 Å². The van der Waals surface area contributed by atoms with E-state index in [4.69, 9.17) is 10.5 Å². The Labute approximate surface area is 117 Å². The van der Waals surface area contributed by atoms with Gasteiger partial charge in [-0.1, -0.05) is 56.0 Å². The van der Waals surface area contributed by atoms with Crippen LogP contribution in [0.2, 0.25) is 0 Å². The standard InChI is InChI=1S/C17H27NO/c1-3-14-6-4-5-7-17(14)19-12-16(18)15-10-8-13(2)9-11-15/h8-11,14,16-17H,3-7,12,18H2,1-2H3. The summed E-state index contributed by atoms with van der Waals surface area (Å²) in [6.07, 6.45) is 6.85. The second-order valence-electron chi connectivity index (χ2n) is 5.84. The summed E-state index contributed by atoms with van der Waals surface area (Å²) in [7, 11) is 0. The first-order chi connectivity index (χ1) is 9.20. The Balaban J connectivity index is 1.85. The lowest BCUT2D eigenvalue weighted by Crippen LogP contribution is -2.30. The third kappa shape index (κ3) is 4.05. The molecule has 0 aromatic heterocycles. The van der Waals surface area contributed by atoms with Crippen molar-refractivity contribution in [1.29, 1.82) is 0 Å². The first kappa shape index (κ1) is 14.5. The average Bonchev–Trinajstić information content (AvgIpc) is 2.45. The number of benzene rings is 1. The molecular weight excluding hydrogens is 234 g/mol. The number of rotatable bonds is 5. The Morgan fingerprint density at radius 1 is 1.21 bits per heavy atom. The van der Waals surface area contributed by atoms with E-state index in [1.165, 1.54) is 43.2 Å². The van der Waals surface area contributed by atoms with Gasteiger partial charge in [0.25, 0.3) is 0 Å². The number of nitrogens with two attached hydrogens (primary N) is 1. The van der Waals surface area contributed by atoms with Crippen molar-refractivity contribution in [2.45, 2.75) is 58.1 Å². The minimum absolute atomic E-state index is 0.0000302. The molecule has 2 rings (SSSR count). The second kappa shape index (κ2) is 7.06. The molecule has 0 spiro atoms. The van der Waals surface area contributed by atoms with E-state index in [9.17, 15) is 0 Å². The molecule has 1 saturated carbocycles. The van der Waals surface area contributed by atoms with Gasteiger partial charge in [-0.3, -0.25) is 0 Å². The molecule has 0 saturated heterocycles. The summed E-state index contributed by atoms with van der Waals surface area (Å²) < 4.78 is 6.11. The fraction of sp³-hybridized carbons (Fsp3) is 0.647. The molecule has 1 fully saturated rings. The number of hydrogen-bond acceptors (Lipinski definition) is 2. The van der Waals surface area contributed by atoms with Gasteiger partial charge >= 0.3 is 0 Å². The third-order valence-corrected chi connectivity index (χ3v) is 4.36. The Bertz CT molecular complexity index is 373. The zero-order valence-electron chi connectivity index (χ0n) is 12.3. The van der Waals surface area contributed by atoms with Crippen LogP contribution in [0.15, 0.2) is 24.3 Å². The van der Waals surface area contributed by atoms with Crippen LogP contribution in [0.25, 0.3) is 0 Å². The van der Waals surface area contributed by atoms with Crippen molar-refractivity contribution in [2.24, 2.45) is 11.7 Å². The number of ether oxygens (including phenoxy) is 1. The highest BCUT2D eigenvalue weighted by molar-refractivity contribution is 5.23. The Morgan fingerprint density at radius 2 is 1.89 bits per heavy atom. The molecule has 1 aliphatic rings. The number of hydrogen-bond donors (Lipinski definition) is 1. The minimum atomic E-state index is 0.0000302. The maximum atomic E-state index is 6.22. The predicted molar refractivity (Wildman–Crippen MR) is 80.1 cm³/mol. The maximum absolute atomic E-state index is 6.22. The summed E-state index contributed by atoms with van der Waals surface area (Å²) in [5.41, 5.74) is 8.67. The van der Waals surface area contributed by atoms with E-state index in [0.29, 0.717) is 12.7 Å². The van der Waals surface area contributed by atoms with Crippen molar-refractivity contribution in [3.63, 3.8) is 0 Å². The molecule has 2 N–H and O–H groups in total. The van der Waals surface area contributed by atoms with Crippen LogP contribution in [0.4, 0.5) is 0 Å². The molecule has 0 amide bonds. The zero-order valence-corrected chi connectivity index (χ0v) is 12.3. The fourth-order valence-electron chi connectivity index (χ4n) is 3.00. The summed E-state index contributed by atoms with van der Waals surface area (Å²) in [5, 5.41) is 0. The van der Waals surface area contributed by atoms with Gasteiger partial charge in [-0.15, -0.1) is 0 Å². The molecule has 0 radical (unpaired) electrons. The van der Waals surface area contributed by atoms with Crippen LogP contribution in [-0.4, -0.2) is 12.7 Å². The molecule has 2 heteroatoms. The molecular formula is C17H27NO. The molecule has 0 aliphatic heterocycles. The molecule has 1 aliphatic carbocycles. The summed E-state index contributed by atoms with van der Waals surface area (Å²) in [4.78, 5) is 0. The van der Waals surface area contributed by atoms with Gasteiger partial charge in [0.15, 0.2) is 0 Å². The van der Waals surface area contributed by atoms with Crippen LogP contribution in [0.5, 0.6) is 0 Å². The van der Waals surface area contributed by atoms with Crippen molar-refractivity contribution < 1.29 is 4.74 Å². The fourth-order valence-corrected chi connectivity index (χ4v) is 3.00. The van der Waals surface area contributed by atoms with E-state index in [0.717, 1.165) is 5.92 Å². The average molecular weight is 261 g/mol. The molecule has 0 bridgehead atoms. The molecule has 3 unspecified atom stereocenters. The monoisotopic (exact) mass is 261 g/mol. The normalized spacial score (nSPS) is 25.2. The van der Waals surface area contributed by atoms with E-state index in [1.807, 2.05) is 0 Å². The van der Waals surface area contributed by atoms with Crippen molar-refractivity contribution >= 4 is 0 Å². The molecule has 1 aromatic rings. The van der Waals surface area contributed by atoms with Crippen molar-refractivity contribution in [1.82, 2.24) is 0 Å². The molecule has 19 heavy (non-hydrogen) atoms. The van der Waals surface area contributed by atoms with E-state index in [2.05, 4.69) is 38.1 Å². The van der Waals surface area contributed by atoms with E-state index < -0.39 is 0 Å². The topological polar surface area (TPSA) is 35.2 Å². The van der Waals surface area contributed by atoms with Gasteiger partial charge in [0.1, 0.15) is 0 Å². The van der Waals surface area contributed by atoms with Crippen LogP contribution in [0.3, 0.4) is 0 Å². The molecule has 2 nitrogen and oxygen atoms in total. The lowest BCUT2D eigenvalue weighted by Gasteiger charge is -2.31. The van der Waals surface area contributed by atoms with Crippen LogP contribution < -0.4 is 5.73 Å². The van der Waals surface area contributed by atoms with E-state index in [1.54, 1.807) is 0 Å². The van der Waals surface area contributed by atoms with Gasteiger partial charge in [0.2, 0.25) is 0 Å². The smallest absolute Gasteiger partial charge is 0.0663 e. The molecule has 1 aromatic carbocycles. The lowest BCUT2D eigenvalue weighted by molar-refractivity contribution is -0.0180. The van der Waals surface area contributed by atoms with Crippen LogP contribution in [0, 0.1) is 12.8 Å². The molecule has 106 valence electrons. The highest BCUT2D eigenvalue weighted by Crippen LogP contribution is 2.29. The maximum Gasteiger partial charge on any atom is 0.0663 e. The van der Waals surface area contributed by atoms with E-state index in [-0.39, 0.29) is 6.04 Å². The van der Waals surface area contributed by atoms with Crippen molar-refractivity contribution in [3.05, 3.63) is 35.4 Å². The van der Waals surface area contributed by atoms with Crippen molar-refractivity contribution in [3.8, 4) is 0 Å². The van der Waals surface area contributed by atoms with Crippen LogP contribution in [-0.2, 0) is 4.74 Å². The summed E-state index contributed by atoms with van der Waals surface area (Å²) in [5.74, 6) is 0.735. The van der Waals surface area contributed by atoms with E-state index >= 15 is 0 Å². The molecule has 3 atom stereocenters. The number of aryl methyl sites for hydroxylation is 1. The largest absolute Gasteiger partial charge is 0.376 e. The first-order valence-electron chi connectivity index (χ1n) is 7.64. The van der Waals surface area contributed by atoms with Crippen molar-refractivity contribution in [2.75, 3.05) is 6.61 Å². The quantitative estimate of drug-likeness (QED) is 0.870. The SMILES string of the molecule is CCC1CCCCC1OCC(N)c1ccc(C)cc1. The van der Waals surface area contributed by atoms with Gasteiger partial charge in [-0.2, -0.15) is 0 Å². The highest BCUT2D eigenvalue weighted by atomic mass is 16.5. The predicted octanol–water partition coefficient (Wildman–Crippen LogP) is 3.98. The lowest BCUT2D eigenvalue weighted by atomic mass is 9.85. The summed E-state index contributed by atoms with van der Waals surface area (Å²) >= 11 is 0. The third-order valence-electron chi connectivity index (χ3n) is 4.36. The van der Waals surface area contributed by atoms with Crippen LogP contribution >= 0.6 is 0 Å². The second-order valence-corrected chi connectivity index (χ2v) is 5.84. The minimum Gasteiger partial charge on any atom is -0.376 e. The van der Waals surface area contributed by atoms with Gasteiger partial charge in [0.05, 0.1) is 18.8 Å². The van der Waals surface area contributed by atoms with Gasteiger partial charge in [-0.05, 0) is 31.2 Å².